The highest BCUT2D eigenvalue weighted by Crippen LogP contribution is 2.42. The SMILES string of the molecule is CC(C)(C)C1CCC(C(CC(=O)O)N2CCCCC2)CC1. The van der Waals surface area contributed by atoms with E-state index in [0.717, 1.165) is 19.0 Å². The van der Waals surface area contributed by atoms with Crippen molar-refractivity contribution in [3.05, 3.63) is 0 Å². The van der Waals surface area contributed by atoms with Gasteiger partial charge in [-0.05, 0) is 68.9 Å². The van der Waals surface area contributed by atoms with Crippen LogP contribution in [0.15, 0.2) is 0 Å². The average Bonchev–Trinajstić information content (AvgIpc) is 2.45. The molecule has 1 unspecified atom stereocenters. The van der Waals surface area contributed by atoms with Gasteiger partial charge in [-0.15, -0.1) is 0 Å². The molecule has 1 saturated heterocycles. The number of piperidine rings is 1. The minimum Gasteiger partial charge on any atom is -0.481 e. The van der Waals surface area contributed by atoms with E-state index >= 15 is 0 Å². The summed E-state index contributed by atoms with van der Waals surface area (Å²) in [5.41, 5.74) is 0.401. The van der Waals surface area contributed by atoms with E-state index in [1.807, 2.05) is 0 Å². The lowest BCUT2D eigenvalue weighted by molar-refractivity contribution is -0.139. The largest absolute Gasteiger partial charge is 0.481 e. The second kappa shape index (κ2) is 7.13. The molecular weight excluding hydrogens is 262 g/mol. The van der Waals surface area contributed by atoms with Crippen molar-refractivity contribution in [1.29, 1.82) is 0 Å². The molecule has 0 radical (unpaired) electrons. The minimum atomic E-state index is -0.622. The first-order chi connectivity index (χ1) is 9.88. The molecule has 1 heterocycles. The van der Waals surface area contributed by atoms with E-state index in [9.17, 15) is 9.90 Å². The number of hydrogen-bond acceptors (Lipinski definition) is 2. The smallest absolute Gasteiger partial charge is 0.304 e. The van der Waals surface area contributed by atoms with E-state index in [1.54, 1.807) is 0 Å². The molecule has 0 aromatic rings. The Morgan fingerprint density at radius 1 is 1.10 bits per heavy atom. The van der Waals surface area contributed by atoms with Crippen LogP contribution < -0.4 is 0 Å². The van der Waals surface area contributed by atoms with Crippen LogP contribution in [0.3, 0.4) is 0 Å². The molecular formula is C18H33NO2. The third kappa shape index (κ3) is 4.70. The molecule has 3 heteroatoms. The van der Waals surface area contributed by atoms with Crippen molar-refractivity contribution in [2.24, 2.45) is 17.3 Å². The van der Waals surface area contributed by atoms with Crippen molar-refractivity contribution in [2.45, 2.75) is 78.2 Å². The van der Waals surface area contributed by atoms with Crippen molar-refractivity contribution >= 4 is 5.97 Å². The van der Waals surface area contributed by atoms with Gasteiger partial charge >= 0.3 is 5.97 Å². The van der Waals surface area contributed by atoms with Crippen LogP contribution in [0.4, 0.5) is 0 Å². The Balaban J connectivity index is 1.96. The molecule has 0 bridgehead atoms. The third-order valence-corrected chi connectivity index (χ3v) is 5.78. The molecule has 2 fully saturated rings. The Labute approximate surface area is 130 Å². The maximum absolute atomic E-state index is 11.3. The first kappa shape index (κ1) is 16.8. The summed E-state index contributed by atoms with van der Waals surface area (Å²) >= 11 is 0. The second-order valence-electron chi connectivity index (χ2n) is 8.24. The number of carbonyl (C=O) groups is 1. The number of aliphatic carboxylic acids is 1. The summed E-state index contributed by atoms with van der Waals surface area (Å²) in [6.07, 6.45) is 9.13. The third-order valence-electron chi connectivity index (χ3n) is 5.78. The van der Waals surface area contributed by atoms with Gasteiger partial charge in [-0.1, -0.05) is 27.2 Å². The van der Waals surface area contributed by atoms with E-state index in [1.165, 1.54) is 44.9 Å². The second-order valence-corrected chi connectivity index (χ2v) is 8.24. The Morgan fingerprint density at radius 3 is 2.14 bits per heavy atom. The van der Waals surface area contributed by atoms with Gasteiger partial charge in [0.05, 0.1) is 6.42 Å². The Bertz CT molecular complexity index is 334. The van der Waals surface area contributed by atoms with Crippen molar-refractivity contribution in [2.75, 3.05) is 13.1 Å². The first-order valence-corrected chi connectivity index (χ1v) is 8.84. The Kier molecular flexibility index (Phi) is 5.70. The highest BCUT2D eigenvalue weighted by Gasteiger charge is 2.36. The molecule has 0 amide bonds. The molecule has 122 valence electrons. The summed E-state index contributed by atoms with van der Waals surface area (Å²) in [5.74, 6) is 0.780. The molecule has 1 atom stereocenters. The van der Waals surface area contributed by atoms with Crippen molar-refractivity contribution < 1.29 is 9.90 Å². The topological polar surface area (TPSA) is 40.5 Å². The number of hydrogen-bond donors (Lipinski definition) is 1. The number of nitrogens with zero attached hydrogens (tertiary/aromatic N) is 1. The molecule has 2 rings (SSSR count). The van der Waals surface area contributed by atoms with Gasteiger partial charge in [0.15, 0.2) is 0 Å². The number of likely N-dealkylation sites (tertiary alicyclic amines) is 1. The van der Waals surface area contributed by atoms with E-state index in [4.69, 9.17) is 0 Å². The monoisotopic (exact) mass is 295 g/mol. The van der Waals surface area contributed by atoms with Gasteiger partial charge in [0.2, 0.25) is 0 Å². The van der Waals surface area contributed by atoms with Gasteiger partial charge in [-0.2, -0.15) is 0 Å². The molecule has 0 spiro atoms. The van der Waals surface area contributed by atoms with Crippen LogP contribution in [-0.4, -0.2) is 35.1 Å². The molecule has 1 aliphatic heterocycles. The van der Waals surface area contributed by atoms with E-state index < -0.39 is 5.97 Å². The lowest BCUT2D eigenvalue weighted by Gasteiger charge is -2.43. The van der Waals surface area contributed by atoms with Gasteiger partial charge in [-0.3, -0.25) is 9.69 Å². The lowest BCUT2D eigenvalue weighted by atomic mass is 9.68. The van der Waals surface area contributed by atoms with Crippen molar-refractivity contribution in [1.82, 2.24) is 4.90 Å². The summed E-state index contributed by atoms with van der Waals surface area (Å²) < 4.78 is 0. The fourth-order valence-corrected chi connectivity index (χ4v) is 4.39. The summed E-state index contributed by atoms with van der Waals surface area (Å²) in [6, 6.07) is 0.281. The maximum atomic E-state index is 11.3. The predicted molar refractivity (Wildman–Crippen MR) is 86.4 cm³/mol. The highest BCUT2D eigenvalue weighted by atomic mass is 16.4. The summed E-state index contributed by atoms with van der Waals surface area (Å²) in [6.45, 7) is 9.25. The average molecular weight is 295 g/mol. The molecule has 1 N–H and O–H groups in total. The number of rotatable bonds is 4. The van der Waals surface area contributed by atoms with E-state index in [2.05, 4.69) is 25.7 Å². The van der Waals surface area contributed by atoms with E-state index in [0.29, 0.717) is 17.8 Å². The van der Waals surface area contributed by atoms with Gasteiger partial charge in [0.25, 0.3) is 0 Å². The zero-order valence-corrected chi connectivity index (χ0v) is 14.1. The predicted octanol–water partition coefficient (Wildman–Crippen LogP) is 4.17. The number of carboxylic acids is 1. The molecule has 3 nitrogen and oxygen atoms in total. The molecule has 0 aromatic carbocycles. The van der Waals surface area contributed by atoms with Gasteiger partial charge < -0.3 is 5.11 Å². The fraction of sp³-hybridized carbons (Fsp3) is 0.944. The first-order valence-electron chi connectivity index (χ1n) is 8.84. The van der Waals surface area contributed by atoms with Crippen LogP contribution in [0.2, 0.25) is 0 Å². The van der Waals surface area contributed by atoms with Gasteiger partial charge in [0, 0.05) is 6.04 Å². The van der Waals surface area contributed by atoms with Gasteiger partial charge in [0.1, 0.15) is 0 Å². The lowest BCUT2D eigenvalue weighted by Crippen LogP contribution is -2.46. The maximum Gasteiger partial charge on any atom is 0.304 e. The van der Waals surface area contributed by atoms with Crippen LogP contribution >= 0.6 is 0 Å². The zero-order chi connectivity index (χ0) is 15.5. The summed E-state index contributed by atoms with van der Waals surface area (Å²) in [5, 5.41) is 9.30. The zero-order valence-electron chi connectivity index (χ0n) is 14.1. The van der Waals surface area contributed by atoms with Crippen LogP contribution in [0.25, 0.3) is 0 Å². The number of carboxylic acid groups (broad SMARTS) is 1. The normalized spacial score (nSPS) is 30.0. The molecule has 1 saturated carbocycles. The highest BCUT2D eigenvalue weighted by molar-refractivity contribution is 5.67. The minimum absolute atomic E-state index is 0.281. The fourth-order valence-electron chi connectivity index (χ4n) is 4.39. The standard InChI is InChI=1S/C18H33NO2/c1-18(2,3)15-9-7-14(8-10-15)16(13-17(20)21)19-11-5-4-6-12-19/h14-16H,4-13H2,1-3H3,(H,20,21). The Hall–Kier alpha value is -0.570. The van der Waals surface area contributed by atoms with Gasteiger partial charge in [-0.25, -0.2) is 0 Å². The quantitative estimate of drug-likeness (QED) is 0.846. The molecule has 21 heavy (non-hydrogen) atoms. The molecule has 1 aliphatic carbocycles. The van der Waals surface area contributed by atoms with Crippen LogP contribution in [0.5, 0.6) is 0 Å². The van der Waals surface area contributed by atoms with Crippen LogP contribution in [-0.2, 0) is 4.79 Å². The van der Waals surface area contributed by atoms with Crippen LogP contribution in [0, 0.1) is 17.3 Å². The summed E-state index contributed by atoms with van der Waals surface area (Å²) in [7, 11) is 0. The van der Waals surface area contributed by atoms with Crippen molar-refractivity contribution in [3.63, 3.8) is 0 Å². The van der Waals surface area contributed by atoms with Crippen LogP contribution in [0.1, 0.15) is 72.1 Å². The van der Waals surface area contributed by atoms with Crippen molar-refractivity contribution in [3.8, 4) is 0 Å². The molecule has 0 aromatic heterocycles. The summed E-state index contributed by atoms with van der Waals surface area (Å²) in [4.78, 5) is 13.8. The van der Waals surface area contributed by atoms with E-state index in [-0.39, 0.29) is 6.04 Å². The Morgan fingerprint density at radius 2 is 1.67 bits per heavy atom. The molecule has 2 aliphatic rings.